The van der Waals surface area contributed by atoms with Crippen LogP contribution in [0.3, 0.4) is 0 Å². The van der Waals surface area contributed by atoms with Crippen molar-refractivity contribution < 1.29 is 9.53 Å². The van der Waals surface area contributed by atoms with Crippen LogP contribution < -0.4 is 10.2 Å². The Morgan fingerprint density at radius 3 is 2.59 bits per heavy atom. The average molecular weight is 408 g/mol. The monoisotopic (exact) mass is 407 g/mol. The number of para-hydroxylation sites is 1. The van der Waals surface area contributed by atoms with E-state index < -0.39 is 0 Å². The first-order chi connectivity index (χ1) is 14.1. The fourth-order valence-corrected chi connectivity index (χ4v) is 4.52. The highest BCUT2D eigenvalue weighted by Crippen LogP contribution is 2.27. The van der Waals surface area contributed by atoms with E-state index >= 15 is 0 Å². The Hall–Kier alpha value is -2.57. The quantitative estimate of drug-likeness (QED) is 0.628. The predicted octanol–water partition coefficient (Wildman–Crippen LogP) is 4.58. The van der Waals surface area contributed by atoms with Crippen molar-refractivity contribution in [1.82, 2.24) is 4.98 Å². The van der Waals surface area contributed by atoms with E-state index in [1.807, 2.05) is 42.5 Å². The van der Waals surface area contributed by atoms with Crippen LogP contribution in [0.4, 0.5) is 11.4 Å². The number of rotatable bonds is 5. The van der Waals surface area contributed by atoms with E-state index in [-0.39, 0.29) is 18.1 Å². The Morgan fingerprint density at radius 1 is 1.10 bits per heavy atom. The lowest BCUT2D eigenvalue weighted by Gasteiger charge is -2.36. The largest absolute Gasteiger partial charge is 0.372 e. The average Bonchev–Trinajstić information content (AvgIpc) is 2.72. The molecule has 0 spiro atoms. The van der Waals surface area contributed by atoms with Crippen LogP contribution in [0.1, 0.15) is 13.8 Å². The van der Waals surface area contributed by atoms with Crippen molar-refractivity contribution in [3.8, 4) is 0 Å². The van der Waals surface area contributed by atoms with Crippen LogP contribution in [0.2, 0.25) is 0 Å². The molecule has 0 bridgehead atoms. The molecule has 2 atom stereocenters. The second-order valence-corrected chi connectivity index (χ2v) is 8.39. The van der Waals surface area contributed by atoms with Crippen LogP contribution in [-0.4, -0.2) is 41.9 Å². The molecule has 1 saturated heterocycles. The second kappa shape index (κ2) is 8.84. The van der Waals surface area contributed by atoms with Crippen LogP contribution in [0.5, 0.6) is 0 Å². The van der Waals surface area contributed by atoms with Crippen molar-refractivity contribution in [1.29, 1.82) is 0 Å². The third-order valence-electron chi connectivity index (χ3n) is 4.90. The molecule has 1 aliphatic rings. The van der Waals surface area contributed by atoms with E-state index in [4.69, 9.17) is 4.74 Å². The number of fused-ring (bicyclic) bond motifs is 1. The number of thioether (sulfide) groups is 1. The van der Waals surface area contributed by atoms with Gasteiger partial charge in [0.1, 0.15) is 0 Å². The van der Waals surface area contributed by atoms with Gasteiger partial charge in [-0.15, -0.1) is 11.8 Å². The first-order valence-corrected chi connectivity index (χ1v) is 10.8. The highest BCUT2D eigenvalue weighted by Gasteiger charge is 2.22. The van der Waals surface area contributed by atoms with Crippen LogP contribution in [-0.2, 0) is 9.53 Å². The minimum absolute atomic E-state index is 0.0164. The van der Waals surface area contributed by atoms with Crippen molar-refractivity contribution >= 4 is 39.9 Å². The number of aromatic nitrogens is 1. The fraction of sp³-hybridized carbons (Fsp3) is 0.304. The summed E-state index contributed by atoms with van der Waals surface area (Å²) >= 11 is 1.53. The van der Waals surface area contributed by atoms with E-state index in [9.17, 15) is 4.79 Å². The first-order valence-electron chi connectivity index (χ1n) is 9.85. The SMILES string of the molecule is CC1CN(c2ccc(NC(=O)CSc3ccnc4ccccc34)cc2)CC(C)O1. The topological polar surface area (TPSA) is 54.5 Å². The molecule has 1 aromatic heterocycles. The van der Waals surface area contributed by atoms with Crippen molar-refractivity contribution in [3.63, 3.8) is 0 Å². The summed E-state index contributed by atoms with van der Waals surface area (Å²) in [5.74, 6) is 0.339. The number of hydrogen-bond donors (Lipinski definition) is 1. The minimum Gasteiger partial charge on any atom is -0.372 e. The highest BCUT2D eigenvalue weighted by molar-refractivity contribution is 8.00. The number of anilines is 2. The van der Waals surface area contributed by atoms with Crippen LogP contribution in [0.15, 0.2) is 65.7 Å². The Morgan fingerprint density at radius 2 is 1.83 bits per heavy atom. The van der Waals surface area contributed by atoms with E-state index in [0.29, 0.717) is 5.75 Å². The summed E-state index contributed by atoms with van der Waals surface area (Å²) in [5.41, 5.74) is 2.91. The van der Waals surface area contributed by atoms with E-state index in [0.717, 1.165) is 40.3 Å². The molecule has 4 rings (SSSR count). The van der Waals surface area contributed by atoms with Crippen molar-refractivity contribution in [3.05, 3.63) is 60.8 Å². The number of morpholine rings is 1. The molecule has 150 valence electrons. The van der Waals surface area contributed by atoms with E-state index in [1.165, 1.54) is 11.8 Å². The Balaban J connectivity index is 1.35. The molecular formula is C23H25N3O2S. The molecule has 0 radical (unpaired) electrons. The van der Waals surface area contributed by atoms with Gasteiger partial charge in [-0.2, -0.15) is 0 Å². The number of nitrogens with zero attached hydrogens (tertiary/aromatic N) is 2. The molecule has 3 aromatic rings. The summed E-state index contributed by atoms with van der Waals surface area (Å²) in [4.78, 5) is 20.2. The molecule has 29 heavy (non-hydrogen) atoms. The molecule has 1 amide bonds. The molecule has 2 unspecified atom stereocenters. The van der Waals surface area contributed by atoms with Crippen LogP contribution in [0, 0.1) is 0 Å². The molecule has 0 aliphatic carbocycles. The maximum Gasteiger partial charge on any atom is 0.234 e. The smallest absolute Gasteiger partial charge is 0.234 e. The van der Waals surface area contributed by atoms with Crippen molar-refractivity contribution in [2.75, 3.05) is 29.1 Å². The third kappa shape index (κ3) is 4.89. The highest BCUT2D eigenvalue weighted by atomic mass is 32.2. The zero-order chi connectivity index (χ0) is 20.2. The Kier molecular flexibility index (Phi) is 6.02. The zero-order valence-corrected chi connectivity index (χ0v) is 17.5. The van der Waals surface area contributed by atoms with Crippen molar-refractivity contribution in [2.45, 2.75) is 31.0 Å². The fourth-order valence-electron chi connectivity index (χ4n) is 3.68. The molecule has 1 fully saturated rings. The lowest BCUT2D eigenvalue weighted by Crippen LogP contribution is -2.45. The summed E-state index contributed by atoms with van der Waals surface area (Å²) in [5, 5.41) is 4.06. The zero-order valence-electron chi connectivity index (χ0n) is 16.7. The van der Waals surface area contributed by atoms with Gasteiger partial charge in [-0.3, -0.25) is 9.78 Å². The first kappa shape index (κ1) is 19.7. The molecule has 0 saturated carbocycles. The normalized spacial score (nSPS) is 19.3. The Bertz CT molecular complexity index is 978. The molecular weight excluding hydrogens is 382 g/mol. The maximum atomic E-state index is 12.4. The van der Waals surface area contributed by atoms with Gasteiger partial charge in [0.15, 0.2) is 0 Å². The second-order valence-electron chi connectivity index (χ2n) is 7.37. The predicted molar refractivity (Wildman–Crippen MR) is 120 cm³/mol. The summed E-state index contributed by atoms with van der Waals surface area (Å²) in [6.07, 6.45) is 2.23. The summed E-state index contributed by atoms with van der Waals surface area (Å²) in [6, 6.07) is 18.0. The van der Waals surface area contributed by atoms with Gasteiger partial charge in [0.05, 0.1) is 23.5 Å². The molecule has 1 aliphatic heterocycles. The molecule has 5 nitrogen and oxygen atoms in total. The number of carbonyl (C=O) groups is 1. The number of ether oxygens (including phenoxy) is 1. The third-order valence-corrected chi connectivity index (χ3v) is 5.98. The van der Waals surface area contributed by atoms with E-state index in [1.54, 1.807) is 6.20 Å². The number of carbonyl (C=O) groups excluding carboxylic acids is 1. The minimum atomic E-state index is -0.0164. The molecule has 2 heterocycles. The number of benzene rings is 2. The number of amides is 1. The van der Waals surface area contributed by atoms with Gasteiger partial charge in [0.25, 0.3) is 0 Å². The molecule has 1 N–H and O–H groups in total. The lowest BCUT2D eigenvalue weighted by molar-refractivity contribution is -0.113. The van der Waals surface area contributed by atoms with Crippen LogP contribution in [0.25, 0.3) is 10.9 Å². The van der Waals surface area contributed by atoms with Gasteiger partial charge in [-0.1, -0.05) is 18.2 Å². The van der Waals surface area contributed by atoms with Gasteiger partial charge in [0, 0.05) is 40.9 Å². The molecule has 2 aromatic carbocycles. The summed E-state index contributed by atoms with van der Waals surface area (Å²) in [7, 11) is 0. The van der Waals surface area contributed by atoms with Gasteiger partial charge in [-0.25, -0.2) is 0 Å². The Labute approximate surface area is 175 Å². The van der Waals surface area contributed by atoms with Gasteiger partial charge in [0.2, 0.25) is 5.91 Å². The molecule has 6 heteroatoms. The number of nitrogens with one attached hydrogen (secondary N) is 1. The standard InChI is InChI=1S/C23H25N3O2S/c1-16-13-26(14-17(2)28-16)19-9-7-18(8-10-19)25-23(27)15-29-22-11-12-24-21-6-4-3-5-20(21)22/h3-12,16-17H,13-15H2,1-2H3,(H,25,27). The maximum absolute atomic E-state index is 12.4. The van der Waals surface area contributed by atoms with E-state index in [2.05, 4.69) is 41.2 Å². The van der Waals surface area contributed by atoms with Gasteiger partial charge in [-0.05, 0) is 50.2 Å². The number of hydrogen-bond acceptors (Lipinski definition) is 5. The van der Waals surface area contributed by atoms with Gasteiger partial charge < -0.3 is 15.0 Å². The van der Waals surface area contributed by atoms with Gasteiger partial charge >= 0.3 is 0 Å². The van der Waals surface area contributed by atoms with Crippen molar-refractivity contribution in [2.24, 2.45) is 0 Å². The lowest BCUT2D eigenvalue weighted by atomic mass is 10.2. The summed E-state index contributed by atoms with van der Waals surface area (Å²) < 4.78 is 5.80. The van der Waals surface area contributed by atoms with Crippen LogP contribution >= 0.6 is 11.8 Å². The summed E-state index contributed by atoms with van der Waals surface area (Å²) in [6.45, 7) is 5.96. The number of pyridine rings is 1.